The van der Waals surface area contributed by atoms with Gasteiger partial charge in [-0.1, -0.05) is 42.0 Å². The first kappa shape index (κ1) is 13.3. The number of nitrogens with one attached hydrogen (secondary N) is 3. The van der Waals surface area contributed by atoms with Crippen molar-refractivity contribution in [3.8, 4) is 0 Å². The number of nitrogens with zero attached hydrogens (tertiary/aromatic N) is 1. The zero-order valence-electron chi connectivity index (χ0n) is 12.7. The van der Waals surface area contributed by atoms with Crippen LogP contribution >= 0.6 is 0 Å². The van der Waals surface area contributed by atoms with Crippen molar-refractivity contribution in [2.24, 2.45) is 4.99 Å². The van der Waals surface area contributed by atoms with Crippen LogP contribution in [0.5, 0.6) is 0 Å². The second kappa shape index (κ2) is 5.14. The zero-order chi connectivity index (χ0) is 15.0. The van der Waals surface area contributed by atoms with E-state index in [0.717, 1.165) is 30.3 Å². The van der Waals surface area contributed by atoms with Gasteiger partial charge < -0.3 is 16.0 Å². The fraction of sp³-hybridized carbons (Fsp3) is 0.278. The van der Waals surface area contributed by atoms with Crippen molar-refractivity contribution in [1.82, 2.24) is 5.32 Å². The summed E-state index contributed by atoms with van der Waals surface area (Å²) < 4.78 is 0. The molecule has 0 bridgehead atoms. The van der Waals surface area contributed by atoms with Gasteiger partial charge in [0.05, 0.1) is 17.9 Å². The predicted octanol–water partition coefficient (Wildman–Crippen LogP) is 2.77. The first-order valence-electron chi connectivity index (χ1n) is 7.71. The quantitative estimate of drug-likeness (QED) is 0.797. The van der Waals surface area contributed by atoms with E-state index in [1.807, 2.05) is 6.07 Å². The second-order valence-corrected chi connectivity index (χ2v) is 6.14. The van der Waals surface area contributed by atoms with Crippen LogP contribution in [0, 0.1) is 6.92 Å². The molecule has 22 heavy (non-hydrogen) atoms. The first-order valence-corrected chi connectivity index (χ1v) is 7.71. The molecule has 2 heterocycles. The van der Waals surface area contributed by atoms with Crippen LogP contribution in [0.15, 0.2) is 53.5 Å². The molecular weight excluding hydrogens is 272 g/mol. The molecule has 2 aromatic rings. The van der Waals surface area contributed by atoms with Crippen LogP contribution in [0.25, 0.3) is 0 Å². The van der Waals surface area contributed by atoms with Crippen molar-refractivity contribution in [2.45, 2.75) is 19.0 Å². The van der Waals surface area contributed by atoms with Gasteiger partial charge in [0.15, 0.2) is 0 Å². The van der Waals surface area contributed by atoms with Crippen molar-refractivity contribution in [3.05, 3.63) is 59.7 Å². The fourth-order valence-electron chi connectivity index (χ4n) is 3.07. The summed E-state index contributed by atoms with van der Waals surface area (Å²) in [7, 11) is 0. The maximum atomic E-state index is 4.87. The van der Waals surface area contributed by atoms with Gasteiger partial charge >= 0.3 is 0 Å². The monoisotopic (exact) mass is 292 g/mol. The highest BCUT2D eigenvalue weighted by Crippen LogP contribution is 2.33. The molecule has 112 valence electrons. The lowest BCUT2D eigenvalue weighted by molar-refractivity contribution is 0.399. The highest BCUT2D eigenvalue weighted by Gasteiger charge is 2.45. The van der Waals surface area contributed by atoms with Crippen LogP contribution in [0.1, 0.15) is 11.1 Å². The van der Waals surface area contributed by atoms with Crippen molar-refractivity contribution in [2.75, 3.05) is 23.7 Å². The number of aryl methyl sites for hydroxylation is 1. The van der Waals surface area contributed by atoms with E-state index in [-0.39, 0.29) is 5.54 Å². The number of anilines is 2. The van der Waals surface area contributed by atoms with Gasteiger partial charge in [0.2, 0.25) is 0 Å². The Bertz CT molecular complexity index is 731. The number of benzene rings is 2. The maximum absolute atomic E-state index is 4.87. The van der Waals surface area contributed by atoms with E-state index in [9.17, 15) is 0 Å². The summed E-state index contributed by atoms with van der Waals surface area (Å²) >= 11 is 0. The lowest BCUT2D eigenvalue weighted by atomic mass is 9.88. The van der Waals surface area contributed by atoms with Gasteiger partial charge in [0, 0.05) is 13.1 Å². The van der Waals surface area contributed by atoms with Crippen molar-refractivity contribution in [3.63, 3.8) is 0 Å². The van der Waals surface area contributed by atoms with Crippen LogP contribution < -0.4 is 16.0 Å². The molecule has 0 unspecified atom stereocenters. The minimum atomic E-state index is -0.0851. The molecular formula is C18H20N4. The van der Waals surface area contributed by atoms with E-state index < -0.39 is 0 Å². The van der Waals surface area contributed by atoms with Gasteiger partial charge in [0.1, 0.15) is 11.4 Å². The average molecular weight is 292 g/mol. The van der Waals surface area contributed by atoms with Crippen LogP contribution in [0.2, 0.25) is 0 Å². The summed E-state index contributed by atoms with van der Waals surface area (Å²) in [4.78, 5) is 4.87. The molecule has 1 fully saturated rings. The smallest absolute Gasteiger partial charge is 0.130 e. The number of aliphatic imine (C=N–C) groups is 1. The fourth-order valence-corrected chi connectivity index (χ4v) is 3.07. The van der Waals surface area contributed by atoms with Crippen LogP contribution in [-0.4, -0.2) is 24.5 Å². The summed E-state index contributed by atoms with van der Waals surface area (Å²) in [5.41, 5.74) is 4.69. The zero-order valence-corrected chi connectivity index (χ0v) is 12.7. The minimum Gasteiger partial charge on any atom is -0.369 e. The Morgan fingerprint density at radius 3 is 2.59 bits per heavy atom. The second-order valence-electron chi connectivity index (χ2n) is 6.14. The van der Waals surface area contributed by atoms with E-state index in [2.05, 4.69) is 65.3 Å². The lowest BCUT2D eigenvalue weighted by Crippen LogP contribution is -2.71. The summed E-state index contributed by atoms with van der Waals surface area (Å²) in [6.45, 7) is 4.63. The van der Waals surface area contributed by atoms with E-state index in [1.54, 1.807) is 0 Å². The highest BCUT2D eigenvalue weighted by atomic mass is 15.3. The number of amidine groups is 1. The summed E-state index contributed by atoms with van der Waals surface area (Å²) in [5, 5.41) is 10.5. The number of hydrogen-bond donors (Lipinski definition) is 3. The molecule has 4 nitrogen and oxygen atoms in total. The van der Waals surface area contributed by atoms with Gasteiger partial charge in [-0.15, -0.1) is 0 Å². The topological polar surface area (TPSA) is 48.5 Å². The van der Waals surface area contributed by atoms with Gasteiger partial charge in [0.25, 0.3) is 0 Å². The summed E-state index contributed by atoms with van der Waals surface area (Å²) in [5.74, 6) is 1.03. The van der Waals surface area contributed by atoms with Gasteiger partial charge in [-0.25, -0.2) is 0 Å². The normalized spacial score (nSPS) is 20.0. The molecule has 1 saturated heterocycles. The predicted molar refractivity (Wildman–Crippen MR) is 91.6 cm³/mol. The van der Waals surface area contributed by atoms with Crippen molar-refractivity contribution >= 4 is 17.2 Å². The molecule has 0 aromatic heterocycles. The number of rotatable bonds is 2. The molecule has 2 aliphatic heterocycles. The van der Waals surface area contributed by atoms with E-state index >= 15 is 0 Å². The molecule has 2 aliphatic rings. The van der Waals surface area contributed by atoms with Gasteiger partial charge in [-0.3, -0.25) is 4.99 Å². The maximum Gasteiger partial charge on any atom is 0.130 e. The van der Waals surface area contributed by atoms with Gasteiger partial charge in [-0.2, -0.15) is 0 Å². The Balaban J connectivity index is 1.63. The number of hydrogen-bond acceptors (Lipinski definition) is 3. The molecule has 0 saturated carbocycles. The minimum absolute atomic E-state index is 0.0851. The van der Waals surface area contributed by atoms with Crippen LogP contribution in [-0.2, 0) is 6.54 Å². The summed E-state index contributed by atoms with van der Waals surface area (Å²) in [6, 6.07) is 16.8. The number of fused-ring (bicyclic) bond motifs is 1. The Kier molecular flexibility index (Phi) is 3.12. The van der Waals surface area contributed by atoms with Crippen LogP contribution in [0.4, 0.5) is 11.4 Å². The van der Waals surface area contributed by atoms with E-state index in [4.69, 9.17) is 4.99 Å². The molecule has 0 radical (unpaired) electrons. The molecule has 4 heteroatoms. The SMILES string of the molecule is Cc1cccc(CN=C2Nc3ccccc3NC23CNC3)c1. The Morgan fingerprint density at radius 2 is 1.86 bits per heavy atom. The largest absolute Gasteiger partial charge is 0.369 e. The number of para-hydroxylation sites is 2. The molecule has 0 aliphatic carbocycles. The van der Waals surface area contributed by atoms with Crippen molar-refractivity contribution in [1.29, 1.82) is 0 Å². The third kappa shape index (κ3) is 2.25. The first-order chi connectivity index (χ1) is 10.8. The molecule has 0 amide bonds. The van der Waals surface area contributed by atoms with Crippen LogP contribution in [0.3, 0.4) is 0 Å². The van der Waals surface area contributed by atoms with E-state index in [0.29, 0.717) is 6.54 Å². The third-order valence-electron chi connectivity index (χ3n) is 4.36. The standard InChI is InChI=1S/C18H20N4/c1-13-5-4-6-14(9-13)10-20-17-18(11-19-12-18)22-16-8-3-2-7-15(16)21-17/h2-9,19,22H,10-12H2,1H3,(H,20,21). The van der Waals surface area contributed by atoms with Gasteiger partial charge in [-0.05, 0) is 24.6 Å². The Hall–Kier alpha value is -2.33. The molecule has 0 atom stereocenters. The van der Waals surface area contributed by atoms with E-state index in [1.165, 1.54) is 11.1 Å². The Labute approximate surface area is 130 Å². The lowest BCUT2D eigenvalue weighted by Gasteiger charge is -2.47. The summed E-state index contributed by atoms with van der Waals surface area (Å²) in [6.07, 6.45) is 0. The third-order valence-corrected chi connectivity index (χ3v) is 4.36. The molecule has 1 spiro atoms. The molecule has 2 aromatic carbocycles. The average Bonchev–Trinajstić information content (AvgIpc) is 2.50. The molecule has 3 N–H and O–H groups in total. The Morgan fingerprint density at radius 1 is 1.05 bits per heavy atom. The van der Waals surface area contributed by atoms with Crippen molar-refractivity contribution < 1.29 is 0 Å². The highest BCUT2D eigenvalue weighted by molar-refractivity contribution is 6.10. The molecule has 4 rings (SSSR count).